The second-order valence-electron chi connectivity index (χ2n) is 6.21. The molecule has 0 spiro atoms. The van der Waals surface area contributed by atoms with Gasteiger partial charge in [0.05, 0.1) is 6.61 Å². The number of rotatable bonds is 7. The van der Waals surface area contributed by atoms with Gasteiger partial charge in [-0.2, -0.15) is 0 Å². The zero-order valence-electron chi connectivity index (χ0n) is 18.2. The quantitative estimate of drug-likeness (QED) is 0.546. The van der Waals surface area contributed by atoms with Crippen molar-refractivity contribution in [3.05, 3.63) is 47.0 Å². The van der Waals surface area contributed by atoms with Crippen LogP contribution >= 0.6 is 0 Å². The van der Waals surface area contributed by atoms with E-state index in [2.05, 4.69) is 22.1 Å². The van der Waals surface area contributed by atoms with Gasteiger partial charge in [-0.1, -0.05) is 31.9 Å². The van der Waals surface area contributed by atoms with Crippen LogP contribution < -0.4 is 14.8 Å². The number of aliphatic hydroxyl groups is 2. The molecule has 0 aromatic heterocycles. The molecule has 0 saturated carbocycles. The summed E-state index contributed by atoms with van der Waals surface area (Å²) in [5, 5.41) is 22.8. The van der Waals surface area contributed by atoms with Crippen molar-refractivity contribution in [3.63, 3.8) is 0 Å². The molecule has 0 amide bonds. The Labute approximate surface area is 180 Å². The van der Waals surface area contributed by atoms with Crippen LogP contribution in [0.3, 0.4) is 0 Å². The van der Waals surface area contributed by atoms with Gasteiger partial charge in [-0.05, 0) is 48.9 Å². The molecule has 0 saturated heterocycles. The van der Waals surface area contributed by atoms with Crippen molar-refractivity contribution in [3.8, 4) is 34.7 Å². The molecular formula is C23H28F3NO4. The Morgan fingerprint density at radius 1 is 1.16 bits per heavy atom. The van der Waals surface area contributed by atoms with Crippen molar-refractivity contribution in [1.82, 2.24) is 5.32 Å². The SMILES string of the molecule is CC.CC#COc1c(C)c(-c2ccc(OC(F)(F)F)cc2)cc(CNC)c1C(O)CO. The summed E-state index contributed by atoms with van der Waals surface area (Å²) in [6.07, 6.45) is -3.44. The Morgan fingerprint density at radius 2 is 1.77 bits per heavy atom. The fourth-order valence-electron chi connectivity index (χ4n) is 2.99. The van der Waals surface area contributed by atoms with Gasteiger partial charge in [-0.3, -0.25) is 0 Å². The minimum Gasteiger partial charge on any atom is -0.407 e. The highest BCUT2D eigenvalue weighted by Gasteiger charge is 2.31. The molecule has 1 unspecified atom stereocenters. The van der Waals surface area contributed by atoms with Crippen molar-refractivity contribution in [2.45, 2.75) is 46.7 Å². The molecule has 0 aliphatic rings. The molecule has 170 valence electrons. The Kier molecular flexibility index (Phi) is 10.4. The van der Waals surface area contributed by atoms with Crippen LogP contribution in [0.15, 0.2) is 30.3 Å². The molecule has 5 nitrogen and oxygen atoms in total. The third-order valence-corrected chi connectivity index (χ3v) is 4.18. The fourth-order valence-corrected chi connectivity index (χ4v) is 2.99. The lowest BCUT2D eigenvalue weighted by Gasteiger charge is -2.21. The monoisotopic (exact) mass is 439 g/mol. The molecule has 8 heteroatoms. The number of ether oxygens (including phenoxy) is 2. The molecule has 2 aromatic rings. The van der Waals surface area contributed by atoms with E-state index in [1.165, 1.54) is 24.3 Å². The van der Waals surface area contributed by atoms with Gasteiger partial charge < -0.3 is 25.0 Å². The third-order valence-electron chi connectivity index (χ3n) is 4.18. The van der Waals surface area contributed by atoms with Crippen molar-refractivity contribution < 1.29 is 32.9 Å². The van der Waals surface area contributed by atoms with E-state index in [0.717, 1.165) is 0 Å². The van der Waals surface area contributed by atoms with Gasteiger partial charge in [-0.15, -0.1) is 13.2 Å². The van der Waals surface area contributed by atoms with Crippen molar-refractivity contribution in [2.75, 3.05) is 13.7 Å². The first-order valence-electron chi connectivity index (χ1n) is 9.76. The van der Waals surface area contributed by atoms with Gasteiger partial charge in [0.2, 0.25) is 0 Å². The van der Waals surface area contributed by atoms with Crippen molar-refractivity contribution in [2.24, 2.45) is 0 Å². The summed E-state index contributed by atoms with van der Waals surface area (Å²) >= 11 is 0. The molecule has 31 heavy (non-hydrogen) atoms. The van der Waals surface area contributed by atoms with Crippen LogP contribution in [0.1, 0.15) is 43.6 Å². The number of halogens is 3. The lowest BCUT2D eigenvalue weighted by molar-refractivity contribution is -0.274. The molecule has 0 aliphatic heterocycles. The second-order valence-corrected chi connectivity index (χ2v) is 6.21. The van der Waals surface area contributed by atoms with Crippen LogP contribution in [-0.4, -0.2) is 30.2 Å². The number of aliphatic hydroxyl groups excluding tert-OH is 2. The van der Waals surface area contributed by atoms with Crippen molar-refractivity contribution in [1.29, 1.82) is 0 Å². The van der Waals surface area contributed by atoms with E-state index in [1.807, 2.05) is 13.8 Å². The van der Waals surface area contributed by atoms with Gasteiger partial charge in [0.25, 0.3) is 0 Å². The number of nitrogens with one attached hydrogen (secondary N) is 1. The zero-order chi connectivity index (χ0) is 23.6. The molecule has 2 aromatic carbocycles. The first-order chi connectivity index (χ1) is 14.7. The van der Waals surface area contributed by atoms with E-state index in [4.69, 9.17) is 4.74 Å². The zero-order valence-corrected chi connectivity index (χ0v) is 18.2. The van der Waals surface area contributed by atoms with Crippen LogP contribution in [0.5, 0.6) is 11.5 Å². The van der Waals surface area contributed by atoms with Gasteiger partial charge >= 0.3 is 6.36 Å². The summed E-state index contributed by atoms with van der Waals surface area (Å²) in [7, 11) is 1.73. The van der Waals surface area contributed by atoms with Gasteiger partial charge in [0, 0.05) is 24.6 Å². The number of hydrogen-bond donors (Lipinski definition) is 3. The maximum absolute atomic E-state index is 12.4. The second kappa shape index (κ2) is 12.2. The molecule has 1 atom stereocenters. The van der Waals surface area contributed by atoms with Crippen molar-refractivity contribution >= 4 is 0 Å². The molecule has 0 heterocycles. The summed E-state index contributed by atoms with van der Waals surface area (Å²) in [5.41, 5.74) is 3.02. The third kappa shape index (κ3) is 7.17. The molecule has 0 bridgehead atoms. The van der Waals surface area contributed by atoms with E-state index >= 15 is 0 Å². The molecule has 0 aliphatic carbocycles. The predicted octanol–water partition coefficient (Wildman–Crippen LogP) is 4.69. The average molecular weight is 439 g/mol. The van der Waals surface area contributed by atoms with Crippen LogP contribution in [0.2, 0.25) is 0 Å². The van der Waals surface area contributed by atoms with E-state index < -0.39 is 19.1 Å². The molecule has 3 N–H and O–H groups in total. The number of benzene rings is 2. The first kappa shape index (κ1) is 26.3. The van der Waals surface area contributed by atoms with Crippen LogP contribution in [0.4, 0.5) is 13.2 Å². The average Bonchev–Trinajstić information content (AvgIpc) is 2.74. The normalized spacial score (nSPS) is 11.5. The number of alkyl halides is 3. The first-order valence-corrected chi connectivity index (χ1v) is 9.76. The Hall–Kier alpha value is -2.73. The molecule has 0 radical (unpaired) electrons. The van der Waals surface area contributed by atoms with E-state index in [9.17, 15) is 23.4 Å². The van der Waals surface area contributed by atoms with Gasteiger partial charge in [0.1, 0.15) is 23.7 Å². The largest absolute Gasteiger partial charge is 0.573 e. The highest BCUT2D eigenvalue weighted by atomic mass is 19.4. The standard InChI is InChI=1S/C21H22F3NO4.C2H6/c1-4-9-28-20-13(2)17(10-15(11-25-3)19(20)18(27)12-26)14-5-7-16(8-6-14)29-21(22,23)24;1-2/h5-8,10,18,25-27H,11-12H2,1-3H3;1-2H3. The summed E-state index contributed by atoms with van der Waals surface area (Å²) in [6.45, 7) is 7.20. The van der Waals surface area contributed by atoms with Gasteiger partial charge in [-0.25, -0.2) is 0 Å². The van der Waals surface area contributed by atoms with Crippen LogP contribution in [-0.2, 0) is 6.54 Å². The maximum Gasteiger partial charge on any atom is 0.573 e. The smallest absolute Gasteiger partial charge is 0.407 e. The van der Waals surface area contributed by atoms with Crippen LogP contribution in [0.25, 0.3) is 11.1 Å². The summed E-state index contributed by atoms with van der Waals surface area (Å²) in [6, 6.07) is 7.26. The molecule has 0 fully saturated rings. The molecular weight excluding hydrogens is 411 g/mol. The van der Waals surface area contributed by atoms with Crippen LogP contribution in [0, 0.1) is 19.0 Å². The summed E-state index contributed by atoms with van der Waals surface area (Å²) in [4.78, 5) is 0. The minimum absolute atomic E-state index is 0.305. The Morgan fingerprint density at radius 3 is 2.26 bits per heavy atom. The number of hydrogen-bond acceptors (Lipinski definition) is 5. The van der Waals surface area contributed by atoms with E-state index in [0.29, 0.717) is 40.1 Å². The lowest BCUT2D eigenvalue weighted by Crippen LogP contribution is -2.17. The fraction of sp³-hybridized carbons (Fsp3) is 0.391. The maximum atomic E-state index is 12.4. The minimum atomic E-state index is -4.76. The summed E-state index contributed by atoms with van der Waals surface area (Å²) in [5.74, 6) is 2.59. The molecule has 2 rings (SSSR count). The Balaban J connectivity index is 0.00000233. The topological polar surface area (TPSA) is 71.0 Å². The lowest BCUT2D eigenvalue weighted by atomic mass is 9.90. The highest BCUT2D eigenvalue weighted by molar-refractivity contribution is 5.73. The summed E-state index contributed by atoms with van der Waals surface area (Å²) < 4.78 is 46.6. The highest BCUT2D eigenvalue weighted by Crippen LogP contribution is 2.39. The predicted molar refractivity (Wildman–Crippen MR) is 114 cm³/mol. The van der Waals surface area contributed by atoms with E-state index in [1.54, 1.807) is 27.0 Å². The Bertz CT molecular complexity index is 900. The van der Waals surface area contributed by atoms with Gasteiger partial charge in [0.15, 0.2) is 0 Å². The van der Waals surface area contributed by atoms with E-state index in [-0.39, 0.29) is 5.75 Å².